The Hall–Kier alpha value is -1.40. The SMILES string of the molecule is C=CCN(CC(=O)NC1CCOCC1)c1nc2c(s1)CCCC2. The first-order chi connectivity index (χ1) is 11.3. The largest absolute Gasteiger partial charge is 0.381 e. The maximum atomic E-state index is 12.4. The van der Waals surface area contributed by atoms with E-state index in [4.69, 9.17) is 9.72 Å². The molecule has 2 heterocycles. The molecule has 1 amide bonds. The van der Waals surface area contributed by atoms with Gasteiger partial charge in [-0.3, -0.25) is 4.79 Å². The maximum Gasteiger partial charge on any atom is 0.239 e. The van der Waals surface area contributed by atoms with Crippen molar-refractivity contribution in [1.29, 1.82) is 0 Å². The van der Waals surface area contributed by atoms with Crippen molar-refractivity contribution in [2.75, 3.05) is 31.2 Å². The molecule has 1 aromatic rings. The lowest BCUT2D eigenvalue weighted by atomic mass is 10.0. The monoisotopic (exact) mass is 335 g/mol. The van der Waals surface area contributed by atoms with Crippen molar-refractivity contribution in [1.82, 2.24) is 10.3 Å². The third-order valence-electron chi connectivity index (χ3n) is 4.38. The normalized spacial score (nSPS) is 18.3. The second-order valence-electron chi connectivity index (χ2n) is 6.20. The second kappa shape index (κ2) is 7.93. The summed E-state index contributed by atoms with van der Waals surface area (Å²) in [6.45, 7) is 6.28. The number of rotatable bonds is 6. The lowest BCUT2D eigenvalue weighted by Gasteiger charge is -2.25. The van der Waals surface area contributed by atoms with Gasteiger partial charge in [0, 0.05) is 30.7 Å². The number of nitrogens with one attached hydrogen (secondary N) is 1. The minimum atomic E-state index is 0.0620. The van der Waals surface area contributed by atoms with Crippen LogP contribution in [0, 0.1) is 0 Å². The fourth-order valence-corrected chi connectivity index (χ4v) is 4.28. The zero-order chi connectivity index (χ0) is 16.1. The van der Waals surface area contributed by atoms with Gasteiger partial charge in [0.25, 0.3) is 0 Å². The van der Waals surface area contributed by atoms with Gasteiger partial charge in [-0.1, -0.05) is 6.08 Å². The van der Waals surface area contributed by atoms with E-state index >= 15 is 0 Å². The van der Waals surface area contributed by atoms with Crippen molar-refractivity contribution in [3.8, 4) is 0 Å². The second-order valence-corrected chi connectivity index (χ2v) is 7.26. The number of thiazole rings is 1. The summed E-state index contributed by atoms with van der Waals surface area (Å²) in [5.74, 6) is 0.0620. The highest BCUT2D eigenvalue weighted by Gasteiger charge is 2.21. The molecule has 2 aliphatic rings. The van der Waals surface area contributed by atoms with Crippen LogP contribution in [-0.4, -0.2) is 43.2 Å². The summed E-state index contributed by atoms with van der Waals surface area (Å²) in [5.41, 5.74) is 1.23. The summed E-state index contributed by atoms with van der Waals surface area (Å²) >= 11 is 1.74. The standard InChI is InChI=1S/C17H25N3O2S/c1-2-9-20(12-16(21)18-13-7-10-22-11-8-13)17-19-14-5-3-4-6-15(14)23-17/h2,13H,1,3-12H2,(H,18,21). The van der Waals surface area contributed by atoms with Gasteiger partial charge in [-0.15, -0.1) is 17.9 Å². The van der Waals surface area contributed by atoms with Crippen molar-refractivity contribution in [2.24, 2.45) is 0 Å². The fraction of sp³-hybridized carbons (Fsp3) is 0.647. The molecule has 0 atom stereocenters. The molecule has 1 fully saturated rings. The highest BCUT2D eigenvalue weighted by atomic mass is 32.1. The Kier molecular flexibility index (Phi) is 5.67. The molecule has 0 bridgehead atoms. The number of aryl methyl sites for hydroxylation is 2. The summed E-state index contributed by atoms with van der Waals surface area (Å²) in [5, 5.41) is 4.08. The minimum absolute atomic E-state index is 0.0620. The molecule has 126 valence electrons. The molecule has 1 N–H and O–H groups in total. The lowest BCUT2D eigenvalue weighted by Crippen LogP contribution is -2.44. The third kappa shape index (κ3) is 4.32. The zero-order valence-electron chi connectivity index (χ0n) is 13.6. The quantitative estimate of drug-likeness (QED) is 0.811. The first-order valence-corrected chi connectivity index (χ1v) is 9.29. The number of amides is 1. The van der Waals surface area contributed by atoms with E-state index in [9.17, 15) is 4.79 Å². The van der Waals surface area contributed by atoms with Gasteiger partial charge < -0.3 is 15.0 Å². The Balaban J connectivity index is 1.62. The van der Waals surface area contributed by atoms with Gasteiger partial charge in [0.2, 0.25) is 5.91 Å². The smallest absolute Gasteiger partial charge is 0.239 e. The summed E-state index contributed by atoms with van der Waals surface area (Å²) in [6, 6.07) is 0.242. The number of nitrogens with zero attached hydrogens (tertiary/aromatic N) is 2. The molecule has 0 radical (unpaired) electrons. The molecule has 0 unspecified atom stereocenters. The van der Waals surface area contributed by atoms with Gasteiger partial charge in [-0.05, 0) is 38.5 Å². The molecule has 23 heavy (non-hydrogen) atoms. The number of ether oxygens (including phenoxy) is 1. The van der Waals surface area contributed by atoms with Crippen molar-refractivity contribution in [3.63, 3.8) is 0 Å². The predicted molar refractivity (Wildman–Crippen MR) is 93.1 cm³/mol. The van der Waals surface area contributed by atoms with E-state index in [1.165, 1.54) is 23.4 Å². The van der Waals surface area contributed by atoms with Crippen LogP contribution in [-0.2, 0) is 22.4 Å². The van der Waals surface area contributed by atoms with Gasteiger partial charge in [0.05, 0.1) is 12.2 Å². The molecule has 1 aliphatic carbocycles. The van der Waals surface area contributed by atoms with E-state index < -0.39 is 0 Å². The van der Waals surface area contributed by atoms with E-state index in [1.54, 1.807) is 11.3 Å². The van der Waals surface area contributed by atoms with E-state index in [0.717, 1.165) is 44.0 Å². The Bertz CT molecular complexity index is 529. The Labute approximate surface area is 141 Å². The summed E-state index contributed by atoms with van der Waals surface area (Å²) in [4.78, 5) is 20.6. The molecule has 5 nitrogen and oxygen atoms in total. The molecule has 1 aliphatic heterocycles. The van der Waals surface area contributed by atoms with E-state index in [0.29, 0.717) is 13.1 Å². The van der Waals surface area contributed by atoms with Crippen LogP contribution in [0.1, 0.15) is 36.3 Å². The number of carbonyl (C=O) groups is 1. The van der Waals surface area contributed by atoms with Crippen LogP contribution < -0.4 is 10.2 Å². The molecule has 1 saturated heterocycles. The van der Waals surface area contributed by atoms with Crippen molar-refractivity contribution in [2.45, 2.75) is 44.6 Å². The van der Waals surface area contributed by atoms with Crippen LogP contribution in [0.2, 0.25) is 0 Å². The van der Waals surface area contributed by atoms with Gasteiger partial charge in [-0.2, -0.15) is 0 Å². The number of anilines is 1. The van der Waals surface area contributed by atoms with Crippen LogP contribution in [0.4, 0.5) is 5.13 Å². The molecular formula is C17H25N3O2S. The first kappa shape index (κ1) is 16.5. The molecule has 0 aromatic carbocycles. The maximum absolute atomic E-state index is 12.4. The van der Waals surface area contributed by atoms with Gasteiger partial charge in [-0.25, -0.2) is 4.98 Å². The van der Waals surface area contributed by atoms with Crippen LogP contribution in [0.15, 0.2) is 12.7 Å². The Morgan fingerprint density at radius 1 is 1.39 bits per heavy atom. The number of hydrogen-bond donors (Lipinski definition) is 1. The lowest BCUT2D eigenvalue weighted by molar-refractivity contribution is -0.121. The highest BCUT2D eigenvalue weighted by Crippen LogP contribution is 2.31. The van der Waals surface area contributed by atoms with Crippen LogP contribution in [0.3, 0.4) is 0 Å². The summed E-state index contributed by atoms with van der Waals surface area (Å²) < 4.78 is 5.33. The van der Waals surface area contributed by atoms with E-state index in [-0.39, 0.29) is 11.9 Å². The van der Waals surface area contributed by atoms with Crippen molar-refractivity contribution >= 4 is 22.4 Å². The van der Waals surface area contributed by atoms with Gasteiger partial charge in [0.1, 0.15) is 0 Å². The number of carbonyl (C=O) groups excluding carboxylic acids is 1. The fourth-order valence-electron chi connectivity index (χ4n) is 3.13. The summed E-state index contributed by atoms with van der Waals surface area (Å²) in [7, 11) is 0. The van der Waals surface area contributed by atoms with E-state index in [1.807, 2.05) is 11.0 Å². The topological polar surface area (TPSA) is 54.5 Å². The minimum Gasteiger partial charge on any atom is -0.381 e. The molecule has 0 spiro atoms. The van der Waals surface area contributed by atoms with Crippen LogP contribution >= 0.6 is 11.3 Å². The number of hydrogen-bond acceptors (Lipinski definition) is 5. The van der Waals surface area contributed by atoms with Crippen molar-refractivity contribution < 1.29 is 9.53 Å². The zero-order valence-corrected chi connectivity index (χ0v) is 14.4. The average Bonchev–Trinajstić information content (AvgIpc) is 2.99. The number of aromatic nitrogens is 1. The predicted octanol–water partition coefficient (Wildman–Crippen LogP) is 2.31. The Morgan fingerprint density at radius 2 is 2.17 bits per heavy atom. The van der Waals surface area contributed by atoms with Gasteiger partial charge >= 0.3 is 0 Å². The van der Waals surface area contributed by atoms with E-state index in [2.05, 4.69) is 11.9 Å². The third-order valence-corrected chi connectivity index (χ3v) is 5.59. The molecular weight excluding hydrogens is 310 g/mol. The van der Waals surface area contributed by atoms with Crippen LogP contribution in [0.25, 0.3) is 0 Å². The molecule has 3 rings (SSSR count). The van der Waals surface area contributed by atoms with Crippen LogP contribution in [0.5, 0.6) is 0 Å². The molecule has 6 heteroatoms. The highest BCUT2D eigenvalue weighted by molar-refractivity contribution is 7.15. The molecule has 1 aromatic heterocycles. The van der Waals surface area contributed by atoms with Crippen molar-refractivity contribution in [3.05, 3.63) is 23.2 Å². The summed E-state index contributed by atoms with van der Waals surface area (Å²) in [6.07, 6.45) is 8.31. The number of fused-ring (bicyclic) bond motifs is 1. The Morgan fingerprint density at radius 3 is 2.91 bits per heavy atom. The van der Waals surface area contributed by atoms with Gasteiger partial charge in [0.15, 0.2) is 5.13 Å². The first-order valence-electron chi connectivity index (χ1n) is 8.48. The average molecular weight is 335 g/mol. The molecule has 0 saturated carbocycles.